The van der Waals surface area contributed by atoms with Gasteiger partial charge in [-0.25, -0.2) is 0 Å². The first kappa shape index (κ1) is 15.6. The van der Waals surface area contributed by atoms with Crippen molar-refractivity contribution in [3.05, 3.63) is 34.1 Å². The number of rotatable bonds is 4. The molecular formula is C15H20N4OS. The first-order valence-electron chi connectivity index (χ1n) is 6.88. The summed E-state index contributed by atoms with van der Waals surface area (Å²) in [5.41, 5.74) is 3.00. The molecule has 2 aliphatic rings. The average Bonchev–Trinajstić information content (AvgIpc) is 2.84. The predicted molar refractivity (Wildman–Crippen MR) is 89.6 cm³/mol. The topological polar surface area (TPSA) is 57.1 Å². The summed E-state index contributed by atoms with van der Waals surface area (Å²) in [6, 6.07) is 0. The highest BCUT2D eigenvalue weighted by Crippen LogP contribution is 2.28. The third kappa shape index (κ3) is 3.44. The van der Waals surface area contributed by atoms with E-state index in [9.17, 15) is 4.79 Å². The SMILES string of the molecule is CCN(C)C1=C(C2=C(SC)C(=O)CN=CN2)CC=NC=C1. The Bertz CT molecular complexity index is 572. The lowest BCUT2D eigenvalue weighted by atomic mass is 10.0. The molecular weight excluding hydrogens is 284 g/mol. The number of carbonyl (C=O) groups is 1. The zero-order valence-corrected chi connectivity index (χ0v) is 13.4. The number of allylic oxidation sites excluding steroid dienone is 2. The van der Waals surface area contributed by atoms with Crippen molar-refractivity contribution in [2.45, 2.75) is 13.3 Å². The minimum absolute atomic E-state index is 0.0508. The molecule has 6 heteroatoms. The Labute approximate surface area is 129 Å². The minimum Gasteiger partial charge on any atom is -0.375 e. The van der Waals surface area contributed by atoms with Crippen molar-refractivity contribution < 1.29 is 4.79 Å². The second-order valence-electron chi connectivity index (χ2n) is 4.68. The van der Waals surface area contributed by atoms with Gasteiger partial charge in [-0.15, -0.1) is 11.8 Å². The van der Waals surface area contributed by atoms with Crippen LogP contribution in [0, 0.1) is 0 Å². The standard InChI is InChI=1S/C15H20N4OS/c1-4-19(2)12-6-8-16-7-5-11(12)14-15(21-3)13(20)9-17-10-18-14/h6-8,10H,4-5,9H2,1-3H3,(H,17,18). The fourth-order valence-corrected chi connectivity index (χ4v) is 2.92. The van der Waals surface area contributed by atoms with Crippen LogP contribution in [0.15, 0.2) is 44.1 Å². The van der Waals surface area contributed by atoms with E-state index in [-0.39, 0.29) is 12.3 Å². The molecule has 0 amide bonds. The highest BCUT2D eigenvalue weighted by Gasteiger charge is 2.22. The molecule has 5 nitrogen and oxygen atoms in total. The normalized spacial score (nSPS) is 18.7. The molecule has 1 N–H and O–H groups in total. The van der Waals surface area contributed by atoms with Crippen molar-refractivity contribution in [2.75, 3.05) is 26.4 Å². The number of Topliss-reactive ketones (excluding diaryl/α,β-unsaturated/α-hetero) is 1. The number of nitrogens with one attached hydrogen (secondary N) is 1. The van der Waals surface area contributed by atoms with Gasteiger partial charge < -0.3 is 10.2 Å². The number of hydrogen-bond donors (Lipinski definition) is 1. The van der Waals surface area contributed by atoms with Crippen molar-refractivity contribution in [1.29, 1.82) is 0 Å². The molecule has 0 aromatic rings. The van der Waals surface area contributed by atoms with E-state index < -0.39 is 0 Å². The second-order valence-corrected chi connectivity index (χ2v) is 5.49. The number of carbonyl (C=O) groups excluding carboxylic acids is 1. The number of ketones is 1. The summed E-state index contributed by atoms with van der Waals surface area (Å²) < 4.78 is 0. The van der Waals surface area contributed by atoms with Gasteiger partial charge in [0.1, 0.15) is 6.54 Å². The molecule has 0 radical (unpaired) electrons. The van der Waals surface area contributed by atoms with Crippen LogP contribution in [0.4, 0.5) is 0 Å². The van der Waals surface area contributed by atoms with Crippen LogP contribution in [0.5, 0.6) is 0 Å². The minimum atomic E-state index is 0.0508. The lowest BCUT2D eigenvalue weighted by Crippen LogP contribution is -2.22. The van der Waals surface area contributed by atoms with Gasteiger partial charge in [-0.3, -0.25) is 14.8 Å². The van der Waals surface area contributed by atoms with Crippen LogP contribution in [0.2, 0.25) is 0 Å². The Morgan fingerprint density at radius 3 is 3.00 bits per heavy atom. The molecule has 0 aromatic carbocycles. The molecule has 2 aliphatic heterocycles. The molecule has 21 heavy (non-hydrogen) atoms. The Morgan fingerprint density at radius 2 is 2.29 bits per heavy atom. The van der Waals surface area contributed by atoms with E-state index >= 15 is 0 Å². The van der Waals surface area contributed by atoms with Crippen molar-refractivity contribution in [1.82, 2.24) is 10.2 Å². The Balaban J connectivity index is 2.59. The lowest BCUT2D eigenvalue weighted by molar-refractivity contribution is -0.113. The number of thioether (sulfide) groups is 1. The molecule has 0 atom stereocenters. The van der Waals surface area contributed by atoms with Crippen LogP contribution in [0.3, 0.4) is 0 Å². The fraction of sp³-hybridized carbons (Fsp3) is 0.400. The smallest absolute Gasteiger partial charge is 0.192 e. The van der Waals surface area contributed by atoms with E-state index in [0.717, 1.165) is 28.4 Å². The Morgan fingerprint density at radius 1 is 1.48 bits per heavy atom. The molecule has 2 rings (SSSR count). The van der Waals surface area contributed by atoms with E-state index in [1.54, 1.807) is 12.5 Å². The summed E-state index contributed by atoms with van der Waals surface area (Å²) in [5, 5.41) is 3.19. The second kappa shape index (κ2) is 7.26. The quantitative estimate of drug-likeness (QED) is 0.862. The lowest BCUT2D eigenvalue weighted by Gasteiger charge is -2.23. The van der Waals surface area contributed by atoms with Crippen LogP contribution in [-0.2, 0) is 4.79 Å². The van der Waals surface area contributed by atoms with Crippen LogP contribution < -0.4 is 5.32 Å². The van der Waals surface area contributed by atoms with E-state index in [2.05, 4.69) is 27.1 Å². The molecule has 112 valence electrons. The Kier molecular flexibility index (Phi) is 5.38. The fourth-order valence-electron chi connectivity index (χ4n) is 2.24. The van der Waals surface area contributed by atoms with Crippen molar-refractivity contribution in [3.8, 4) is 0 Å². The average molecular weight is 304 g/mol. The zero-order chi connectivity index (χ0) is 15.2. The van der Waals surface area contributed by atoms with Crippen LogP contribution in [-0.4, -0.2) is 49.6 Å². The van der Waals surface area contributed by atoms with Gasteiger partial charge in [0.15, 0.2) is 5.78 Å². The largest absolute Gasteiger partial charge is 0.375 e. The maximum absolute atomic E-state index is 12.2. The van der Waals surface area contributed by atoms with Crippen LogP contribution >= 0.6 is 11.8 Å². The monoisotopic (exact) mass is 304 g/mol. The van der Waals surface area contributed by atoms with Crippen molar-refractivity contribution in [2.24, 2.45) is 9.98 Å². The van der Waals surface area contributed by atoms with Gasteiger partial charge in [0.25, 0.3) is 0 Å². The van der Waals surface area contributed by atoms with Crippen molar-refractivity contribution >= 4 is 30.1 Å². The first-order chi connectivity index (χ1) is 10.2. The van der Waals surface area contributed by atoms with Gasteiger partial charge >= 0.3 is 0 Å². The molecule has 0 saturated carbocycles. The van der Waals surface area contributed by atoms with E-state index in [4.69, 9.17) is 0 Å². The number of aliphatic imine (C=N–C) groups is 2. The summed E-state index contributed by atoms with van der Waals surface area (Å²) in [5.74, 6) is 0.0508. The van der Waals surface area contributed by atoms with E-state index in [0.29, 0.717) is 6.42 Å². The van der Waals surface area contributed by atoms with E-state index in [1.807, 2.05) is 25.6 Å². The molecule has 0 bridgehead atoms. The highest BCUT2D eigenvalue weighted by molar-refractivity contribution is 8.03. The molecule has 0 unspecified atom stereocenters. The van der Waals surface area contributed by atoms with Gasteiger partial charge in [0, 0.05) is 43.7 Å². The first-order valence-corrected chi connectivity index (χ1v) is 8.10. The van der Waals surface area contributed by atoms with Gasteiger partial charge in [-0.05, 0) is 19.3 Å². The number of likely N-dealkylation sites (N-methyl/N-ethyl adjacent to an activating group) is 1. The van der Waals surface area contributed by atoms with Gasteiger partial charge in [0.2, 0.25) is 0 Å². The molecule has 0 aromatic heterocycles. The summed E-state index contributed by atoms with van der Waals surface area (Å²) in [7, 11) is 2.04. The summed E-state index contributed by atoms with van der Waals surface area (Å²) >= 11 is 1.46. The summed E-state index contributed by atoms with van der Waals surface area (Å²) in [6.45, 7) is 3.18. The van der Waals surface area contributed by atoms with Gasteiger partial charge in [-0.2, -0.15) is 0 Å². The highest BCUT2D eigenvalue weighted by atomic mass is 32.2. The molecule has 0 fully saturated rings. The van der Waals surface area contributed by atoms with Crippen LogP contribution in [0.25, 0.3) is 0 Å². The van der Waals surface area contributed by atoms with Crippen molar-refractivity contribution in [3.63, 3.8) is 0 Å². The third-order valence-electron chi connectivity index (χ3n) is 3.44. The van der Waals surface area contributed by atoms with Gasteiger partial charge in [0.05, 0.1) is 16.9 Å². The van der Waals surface area contributed by atoms with Gasteiger partial charge in [-0.1, -0.05) is 0 Å². The molecule has 0 spiro atoms. The predicted octanol–water partition coefficient (Wildman–Crippen LogP) is 1.96. The van der Waals surface area contributed by atoms with E-state index in [1.165, 1.54) is 11.8 Å². The molecule has 0 saturated heterocycles. The maximum Gasteiger partial charge on any atom is 0.192 e. The van der Waals surface area contributed by atoms with Crippen LogP contribution in [0.1, 0.15) is 13.3 Å². The third-order valence-corrected chi connectivity index (χ3v) is 4.28. The number of nitrogens with zero attached hydrogens (tertiary/aromatic N) is 3. The number of hydrogen-bond acceptors (Lipinski definition) is 6. The molecule has 0 aliphatic carbocycles. The maximum atomic E-state index is 12.2. The Hall–Kier alpha value is -1.82. The molecule has 2 heterocycles. The zero-order valence-electron chi connectivity index (χ0n) is 12.6. The summed E-state index contributed by atoms with van der Waals surface area (Å²) in [6.07, 6.45) is 9.85. The summed E-state index contributed by atoms with van der Waals surface area (Å²) in [4.78, 5) is 23.4.